The number of nitrogens with one attached hydrogen (secondary N) is 3. The molecule has 0 aromatic heterocycles. The molecular formula is C9H17N3O5. The molecule has 0 heterocycles. The number of carbonyl (C=O) groups is 3. The summed E-state index contributed by atoms with van der Waals surface area (Å²) >= 11 is 0. The van der Waals surface area contributed by atoms with Crippen molar-refractivity contribution in [3.8, 4) is 0 Å². The third kappa shape index (κ3) is 8.97. The zero-order valence-corrected chi connectivity index (χ0v) is 9.87. The second-order valence-electron chi connectivity index (χ2n) is 2.91. The van der Waals surface area contributed by atoms with Crippen molar-refractivity contribution >= 4 is 18.1 Å². The van der Waals surface area contributed by atoms with E-state index in [1.54, 1.807) is 6.92 Å². The average Bonchev–Trinajstić information content (AvgIpc) is 2.32. The second-order valence-corrected chi connectivity index (χ2v) is 2.91. The van der Waals surface area contributed by atoms with Crippen molar-refractivity contribution in [1.82, 2.24) is 16.2 Å². The van der Waals surface area contributed by atoms with Crippen LogP contribution in [0.5, 0.6) is 0 Å². The van der Waals surface area contributed by atoms with Crippen LogP contribution in [0, 0.1) is 0 Å². The van der Waals surface area contributed by atoms with Crippen LogP contribution in [0.2, 0.25) is 0 Å². The Kier molecular flexibility index (Phi) is 8.17. The van der Waals surface area contributed by atoms with Gasteiger partial charge in [0.15, 0.2) is 0 Å². The monoisotopic (exact) mass is 247 g/mol. The van der Waals surface area contributed by atoms with Crippen LogP contribution in [0.25, 0.3) is 0 Å². The van der Waals surface area contributed by atoms with Crippen LogP contribution < -0.4 is 16.2 Å². The molecular weight excluding hydrogens is 230 g/mol. The van der Waals surface area contributed by atoms with Gasteiger partial charge in [0.05, 0.1) is 13.7 Å². The molecule has 98 valence electrons. The number of carbonyl (C=O) groups excluding carboxylic acids is 3. The average molecular weight is 247 g/mol. The Labute approximate surface area is 99.0 Å². The van der Waals surface area contributed by atoms with Gasteiger partial charge in [0.25, 0.3) is 0 Å². The SMILES string of the molecule is CCOC(=O)NNC(=O)NCCCC(=O)OC. The van der Waals surface area contributed by atoms with Crippen LogP contribution in [0.4, 0.5) is 9.59 Å². The van der Waals surface area contributed by atoms with Gasteiger partial charge in [-0.2, -0.15) is 0 Å². The van der Waals surface area contributed by atoms with Gasteiger partial charge in [-0.3, -0.25) is 4.79 Å². The molecule has 8 nitrogen and oxygen atoms in total. The van der Waals surface area contributed by atoms with E-state index in [-0.39, 0.29) is 19.0 Å². The third-order valence-corrected chi connectivity index (χ3v) is 1.62. The molecule has 0 aliphatic rings. The van der Waals surface area contributed by atoms with Crippen LogP contribution in [-0.2, 0) is 14.3 Å². The zero-order chi connectivity index (χ0) is 13.1. The lowest BCUT2D eigenvalue weighted by molar-refractivity contribution is -0.140. The predicted molar refractivity (Wildman–Crippen MR) is 57.9 cm³/mol. The summed E-state index contributed by atoms with van der Waals surface area (Å²) < 4.78 is 8.93. The first-order valence-electron chi connectivity index (χ1n) is 5.13. The van der Waals surface area contributed by atoms with Gasteiger partial charge in [-0.25, -0.2) is 20.4 Å². The fourth-order valence-electron chi connectivity index (χ4n) is 0.856. The first kappa shape index (κ1) is 15.0. The topological polar surface area (TPSA) is 106 Å². The van der Waals surface area contributed by atoms with E-state index in [1.807, 2.05) is 5.43 Å². The molecule has 3 amide bonds. The van der Waals surface area contributed by atoms with Gasteiger partial charge in [-0.1, -0.05) is 0 Å². The summed E-state index contributed by atoms with van der Waals surface area (Å²) in [6.07, 6.45) is -0.0566. The van der Waals surface area contributed by atoms with E-state index >= 15 is 0 Å². The summed E-state index contributed by atoms with van der Waals surface area (Å²) in [7, 11) is 1.30. The van der Waals surface area contributed by atoms with Gasteiger partial charge < -0.3 is 14.8 Å². The highest BCUT2D eigenvalue weighted by Gasteiger charge is 2.04. The Bertz CT molecular complexity index is 269. The molecule has 17 heavy (non-hydrogen) atoms. The normalized spacial score (nSPS) is 9.06. The number of methoxy groups -OCH3 is 1. The molecule has 0 bridgehead atoms. The standard InChI is InChI=1S/C9H17N3O5/c1-3-17-9(15)12-11-8(14)10-6-4-5-7(13)16-2/h3-6H2,1-2H3,(H,12,15)(H2,10,11,14). The van der Waals surface area contributed by atoms with Gasteiger partial charge in [-0.15, -0.1) is 0 Å². The van der Waals surface area contributed by atoms with Gasteiger partial charge >= 0.3 is 18.1 Å². The van der Waals surface area contributed by atoms with Crippen LogP contribution in [-0.4, -0.2) is 38.4 Å². The number of urea groups is 1. The number of esters is 1. The van der Waals surface area contributed by atoms with E-state index < -0.39 is 12.1 Å². The lowest BCUT2D eigenvalue weighted by atomic mass is 10.3. The van der Waals surface area contributed by atoms with Crippen LogP contribution in [0.15, 0.2) is 0 Å². The van der Waals surface area contributed by atoms with Gasteiger partial charge in [0.2, 0.25) is 0 Å². The summed E-state index contributed by atoms with van der Waals surface area (Å²) in [5.41, 5.74) is 4.11. The quantitative estimate of drug-likeness (QED) is 0.357. The minimum Gasteiger partial charge on any atom is -0.469 e. The maximum absolute atomic E-state index is 11.1. The van der Waals surface area contributed by atoms with E-state index in [1.165, 1.54) is 7.11 Å². The van der Waals surface area contributed by atoms with Crippen LogP contribution in [0.3, 0.4) is 0 Å². The second kappa shape index (κ2) is 9.25. The molecule has 0 aliphatic carbocycles. The molecule has 0 spiro atoms. The molecule has 0 aromatic carbocycles. The van der Waals surface area contributed by atoms with Crippen LogP contribution in [0.1, 0.15) is 19.8 Å². The van der Waals surface area contributed by atoms with Crippen molar-refractivity contribution in [1.29, 1.82) is 0 Å². The zero-order valence-electron chi connectivity index (χ0n) is 9.87. The van der Waals surface area contributed by atoms with Crippen molar-refractivity contribution in [2.45, 2.75) is 19.8 Å². The largest absolute Gasteiger partial charge is 0.469 e. The summed E-state index contributed by atoms with van der Waals surface area (Å²) in [5, 5.41) is 2.43. The Hall–Kier alpha value is -1.99. The van der Waals surface area contributed by atoms with Crippen molar-refractivity contribution in [2.24, 2.45) is 0 Å². The number of ether oxygens (including phenoxy) is 2. The lowest BCUT2D eigenvalue weighted by Crippen LogP contribution is -2.47. The highest BCUT2D eigenvalue weighted by molar-refractivity contribution is 5.77. The highest BCUT2D eigenvalue weighted by Crippen LogP contribution is 1.89. The molecule has 0 radical (unpaired) electrons. The minimum atomic E-state index is -0.739. The molecule has 0 aromatic rings. The highest BCUT2D eigenvalue weighted by atomic mass is 16.6. The predicted octanol–water partition coefficient (Wildman–Crippen LogP) is -0.100. The van der Waals surface area contributed by atoms with E-state index in [0.29, 0.717) is 13.0 Å². The Morgan fingerprint density at radius 3 is 2.47 bits per heavy atom. The van der Waals surface area contributed by atoms with E-state index in [2.05, 4.69) is 20.2 Å². The first-order chi connectivity index (χ1) is 8.10. The summed E-state index contributed by atoms with van der Waals surface area (Å²) in [4.78, 5) is 32.5. The molecule has 0 rings (SSSR count). The lowest BCUT2D eigenvalue weighted by Gasteiger charge is -2.08. The fourth-order valence-corrected chi connectivity index (χ4v) is 0.856. The first-order valence-corrected chi connectivity index (χ1v) is 5.13. The molecule has 0 saturated carbocycles. The number of rotatable bonds is 5. The van der Waals surface area contributed by atoms with Crippen molar-refractivity contribution in [3.63, 3.8) is 0 Å². The van der Waals surface area contributed by atoms with Crippen LogP contribution >= 0.6 is 0 Å². The number of hydrogen-bond acceptors (Lipinski definition) is 5. The molecule has 0 aliphatic heterocycles. The molecule has 0 atom stereocenters. The number of hydrogen-bond donors (Lipinski definition) is 3. The maximum atomic E-state index is 11.1. The molecule has 0 saturated heterocycles. The Morgan fingerprint density at radius 2 is 1.88 bits per heavy atom. The maximum Gasteiger partial charge on any atom is 0.426 e. The van der Waals surface area contributed by atoms with E-state index in [4.69, 9.17) is 0 Å². The number of hydrazine groups is 1. The summed E-state index contributed by atoms with van der Waals surface area (Å²) in [5.74, 6) is -0.336. The van der Waals surface area contributed by atoms with Gasteiger partial charge in [0.1, 0.15) is 0 Å². The van der Waals surface area contributed by atoms with E-state index in [9.17, 15) is 14.4 Å². The van der Waals surface area contributed by atoms with Crippen molar-refractivity contribution < 1.29 is 23.9 Å². The molecule has 0 unspecified atom stereocenters. The smallest absolute Gasteiger partial charge is 0.426 e. The summed E-state index contributed by atoms with van der Waals surface area (Å²) in [6, 6.07) is -0.581. The fraction of sp³-hybridized carbons (Fsp3) is 0.667. The Balaban J connectivity index is 3.47. The number of amides is 3. The molecule has 0 fully saturated rings. The van der Waals surface area contributed by atoms with Crippen molar-refractivity contribution in [3.05, 3.63) is 0 Å². The van der Waals surface area contributed by atoms with Gasteiger partial charge in [0, 0.05) is 13.0 Å². The molecule has 8 heteroatoms. The summed E-state index contributed by atoms with van der Waals surface area (Å²) in [6.45, 7) is 2.16. The Morgan fingerprint density at radius 1 is 1.18 bits per heavy atom. The van der Waals surface area contributed by atoms with Gasteiger partial charge in [-0.05, 0) is 13.3 Å². The third-order valence-electron chi connectivity index (χ3n) is 1.62. The molecule has 3 N–H and O–H groups in total. The van der Waals surface area contributed by atoms with Crippen molar-refractivity contribution in [2.75, 3.05) is 20.3 Å². The van der Waals surface area contributed by atoms with E-state index in [0.717, 1.165) is 0 Å². The minimum absolute atomic E-state index is 0.217.